The molecule has 7 nitrogen and oxygen atoms in total. The van der Waals surface area contributed by atoms with Gasteiger partial charge < -0.3 is 10.2 Å². The molecule has 1 atom stereocenters. The van der Waals surface area contributed by atoms with E-state index in [1.807, 2.05) is 6.92 Å². The lowest BCUT2D eigenvalue weighted by Crippen LogP contribution is -2.51. The van der Waals surface area contributed by atoms with Gasteiger partial charge in [-0.15, -0.1) is 0 Å². The molecule has 3 rings (SSSR count). The highest BCUT2D eigenvalue weighted by atomic mass is 35.5. The molecule has 0 aliphatic rings. The van der Waals surface area contributed by atoms with Gasteiger partial charge in [0.1, 0.15) is 12.6 Å². The van der Waals surface area contributed by atoms with Crippen molar-refractivity contribution >= 4 is 50.7 Å². The van der Waals surface area contributed by atoms with Crippen LogP contribution in [0.5, 0.6) is 0 Å². The fourth-order valence-electron chi connectivity index (χ4n) is 3.72. The lowest BCUT2D eigenvalue weighted by Gasteiger charge is -2.32. The molecule has 0 aliphatic heterocycles. The van der Waals surface area contributed by atoms with E-state index >= 15 is 0 Å². The van der Waals surface area contributed by atoms with Crippen LogP contribution in [0.3, 0.4) is 0 Å². The Balaban J connectivity index is 2.04. The largest absolute Gasteiger partial charge is 0.355 e. The van der Waals surface area contributed by atoms with Crippen molar-refractivity contribution < 1.29 is 18.0 Å². The number of rotatable bonds is 10. The van der Waals surface area contributed by atoms with Crippen LogP contribution in [0, 0.1) is 6.92 Å². The molecule has 2 amide bonds. The zero-order chi connectivity index (χ0) is 27.2. The van der Waals surface area contributed by atoms with Gasteiger partial charge in [-0.05, 0) is 57.2 Å². The standard InChI is InChI=1S/C27H29Cl2N3O4S/c1-4-30-27(34)20(3)31(17-23-24(28)11-8-12-25(23)29)26(33)18-32(21-9-6-5-7-10-21)37(35,36)22-15-13-19(2)14-16-22/h5-16,20H,4,17-18H2,1-3H3,(H,30,34)/t20-/m1/s1. The second kappa shape index (κ2) is 12.4. The third kappa shape index (κ3) is 6.83. The molecule has 3 aromatic carbocycles. The van der Waals surface area contributed by atoms with E-state index < -0.39 is 28.5 Å². The molecule has 0 saturated heterocycles. The molecule has 1 N–H and O–H groups in total. The topological polar surface area (TPSA) is 86.8 Å². The van der Waals surface area contributed by atoms with Gasteiger partial charge in [0.05, 0.1) is 10.6 Å². The first kappa shape index (κ1) is 28.5. The molecular weight excluding hydrogens is 533 g/mol. The first-order valence-electron chi connectivity index (χ1n) is 11.7. The number of anilines is 1. The number of likely N-dealkylation sites (N-methyl/N-ethyl adjacent to an activating group) is 1. The number of benzene rings is 3. The Morgan fingerprint density at radius 1 is 0.919 bits per heavy atom. The van der Waals surface area contributed by atoms with E-state index in [4.69, 9.17) is 23.2 Å². The van der Waals surface area contributed by atoms with E-state index in [-0.39, 0.29) is 17.3 Å². The first-order valence-corrected chi connectivity index (χ1v) is 13.9. The molecule has 0 fully saturated rings. The number of hydrogen-bond donors (Lipinski definition) is 1. The number of hydrogen-bond acceptors (Lipinski definition) is 4. The van der Waals surface area contributed by atoms with E-state index in [1.54, 1.807) is 74.5 Å². The summed E-state index contributed by atoms with van der Waals surface area (Å²) in [7, 11) is -4.11. The number of carbonyl (C=O) groups excluding carboxylic acids is 2. The van der Waals surface area contributed by atoms with Crippen LogP contribution in [0.25, 0.3) is 0 Å². The number of aryl methyl sites for hydroxylation is 1. The number of amides is 2. The van der Waals surface area contributed by atoms with Gasteiger partial charge in [0.15, 0.2) is 0 Å². The Kier molecular flexibility index (Phi) is 9.59. The highest BCUT2D eigenvalue weighted by Gasteiger charge is 2.33. The summed E-state index contributed by atoms with van der Waals surface area (Å²) in [5, 5.41) is 3.38. The minimum absolute atomic E-state index is 0.0484. The average Bonchev–Trinajstić information content (AvgIpc) is 2.87. The van der Waals surface area contributed by atoms with Crippen molar-refractivity contribution in [2.75, 3.05) is 17.4 Å². The predicted octanol–water partition coefficient (Wildman–Crippen LogP) is 5.05. The molecule has 196 valence electrons. The summed E-state index contributed by atoms with van der Waals surface area (Å²) in [6.07, 6.45) is 0. The molecule has 0 saturated carbocycles. The van der Waals surface area contributed by atoms with E-state index in [1.165, 1.54) is 17.0 Å². The van der Waals surface area contributed by atoms with Gasteiger partial charge in [0.25, 0.3) is 10.0 Å². The van der Waals surface area contributed by atoms with Gasteiger partial charge in [-0.1, -0.05) is 65.2 Å². The summed E-state index contributed by atoms with van der Waals surface area (Å²) in [5.74, 6) is -0.971. The molecule has 10 heteroatoms. The van der Waals surface area contributed by atoms with Gasteiger partial charge in [-0.2, -0.15) is 0 Å². The summed E-state index contributed by atoms with van der Waals surface area (Å²) in [4.78, 5) is 27.9. The molecule has 0 aliphatic carbocycles. The Labute approximate surface area is 228 Å². The van der Waals surface area contributed by atoms with Crippen molar-refractivity contribution in [2.24, 2.45) is 0 Å². The quantitative estimate of drug-likeness (QED) is 0.375. The van der Waals surface area contributed by atoms with Gasteiger partial charge in [-0.3, -0.25) is 13.9 Å². The van der Waals surface area contributed by atoms with Crippen LogP contribution < -0.4 is 9.62 Å². The van der Waals surface area contributed by atoms with Gasteiger partial charge in [0, 0.05) is 28.7 Å². The molecule has 0 spiro atoms. The lowest BCUT2D eigenvalue weighted by atomic mass is 10.1. The number of carbonyl (C=O) groups is 2. The maximum absolute atomic E-state index is 13.8. The van der Waals surface area contributed by atoms with Crippen LogP contribution in [0.1, 0.15) is 25.0 Å². The average molecular weight is 563 g/mol. The zero-order valence-corrected chi connectivity index (χ0v) is 23.1. The molecule has 37 heavy (non-hydrogen) atoms. The predicted molar refractivity (Wildman–Crippen MR) is 147 cm³/mol. The highest BCUT2D eigenvalue weighted by molar-refractivity contribution is 7.92. The third-order valence-electron chi connectivity index (χ3n) is 5.84. The molecule has 0 unspecified atom stereocenters. The number of nitrogens with one attached hydrogen (secondary N) is 1. The summed E-state index contributed by atoms with van der Waals surface area (Å²) in [6.45, 7) is 4.96. The fourth-order valence-corrected chi connectivity index (χ4v) is 5.65. The van der Waals surface area contributed by atoms with E-state index in [0.29, 0.717) is 27.8 Å². The van der Waals surface area contributed by atoms with Gasteiger partial charge in [-0.25, -0.2) is 8.42 Å². The highest BCUT2D eigenvalue weighted by Crippen LogP contribution is 2.28. The zero-order valence-electron chi connectivity index (χ0n) is 20.8. The minimum atomic E-state index is -4.11. The van der Waals surface area contributed by atoms with Crippen molar-refractivity contribution in [3.05, 3.63) is 94.0 Å². The normalized spacial score (nSPS) is 12.0. The summed E-state index contributed by atoms with van der Waals surface area (Å²) >= 11 is 12.7. The monoisotopic (exact) mass is 561 g/mol. The molecule has 3 aromatic rings. The van der Waals surface area contributed by atoms with Crippen molar-refractivity contribution in [1.29, 1.82) is 0 Å². The Hall–Kier alpha value is -3.07. The lowest BCUT2D eigenvalue weighted by molar-refractivity contribution is -0.139. The summed E-state index contributed by atoms with van der Waals surface area (Å²) < 4.78 is 28.5. The van der Waals surface area contributed by atoms with E-state index in [0.717, 1.165) is 9.87 Å². The number of para-hydroxylation sites is 1. The molecule has 0 bridgehead atoms. The van der Waals surface area contributed by atoms with Crippen molar-refractivity contribution in [1.82, 2.24) is 10.2 Å². The smallest absolute Gasteiger partial charge is 0.264 e. The van der Waals surface area contributed by atoms with Crippen molar-refractivity contribution in [3.63, 3.8) is 0 Å². The van der Waals surface area contributed by atoms with Crippen LogP contribution in [0.2, 0.25) is 10.0 Å². The van der Waals surface area contributed by atoms with E-state index in [2.05, 4.69) is 5.32 Å². The van der Waals surface area contributed by atoms with Gasteiger partial charge in [0.2, 0.25) is 11.8 Å². The maximum Gasteiger partial charge on any atom is 0.264 e. The van der Waals surface area contributed by atoms with Crippen LogP contribution in [0.4, 0.5) is 5.69 Å². The molecule has 0 radical (unpaired) electrons. The number of halogens is 2. The van der Waals surface area contributed by atoms with Crippen LogP contribution in [-0.2, 0) is 26.2 Å². The van der Waals surface area contributed by atoms with Crippen molar-refractivity contribution in [2.45, 2.75) is 38.3 Å². The van der Waals surface area contributed by atoms with Crippen molar-refractivity contribution in [3.8, 4) is 0 Å². The van der Waals surface area contributed by atoms with Crippen LogP contribution in [0.15, 0.2) is 77.7 Å². The minimum Gasteiger partial charge on any atom is -0.355 e. The molecule has 0 heterocycles. The fraction of sp³-hybridized carbons (Fsp3) is 0.259. The first-order chi connectivity index (χ1) is 17.6. The second-order valence-corrected chi connectivity index (χ2v) is 11.1. The second-order valence-electron chi connectivity index (χ2n) is 8.45. The van der Waals surface area contributed by atoms with Crippen LogP contribution in [-0.4, -0.2) is 44.3 Å². The Bertz CT molecular complexity index is 1330. The van der Waals surface area contributed by atoms with Crippen LogP contribution >= 0.6 is 23.2 Å². The number of nitrogens with zero attached hydrogens (tertiary/aromatic N) is 2. The Morgan fingerprint density at radius 2 is 1.51 bits per heavy atom. The number of sulfonamides is 1. The van der Waals surface area contributed by atoms with Gasteiger partial charge >= 0.3 is 0 Å². The molecule has 0 aromatic heterocycles. The summed E-state index contributed by atoms with van der Waals surface area (Å²) in [5.41, 5.74) is 1.68. The van der Waals surface area contributed by atoms with E-state index in [9.17, 15) is 18.0 Å². The Morgan fingerprint density at radius 3 is 2.08 bits per heavy atom. The maximum atomic E-state index is 13.8. The third-order valence-corrected chi connectivity index (χ3v) is 8.34. The SMILES string of the molecule is CCNC(=O)[C@@H](C)N(Cc1c(Cl)cccc1Cl)C(=O)CN(c1ccccc1)S(=O)(=O)c1ccc(C)cc1. The summed E-state index contributed by atoms with van der Waals surface area (Å²) in [6, 6.07) is 18.8. The molecular formula is C27H29Cl2N3O4S.